The number of likely N-dealkylation sites (N-methyl/N-ethyl adjacent to an activating group) is 1. The van der Waals surface area contributed by atoms with Crippen LogP contribution in [0.2, 0.25) is 0 Å². The van der Waals surface area contributed by atoms with Gasteiger partial charge in [-0.25, -0.2) is 9.48 Å². The van der Waals surface area contributed by atoms with Crippen molar-refractivity contribution in [2.75, 3.05) is 20.3 Å². The van der Waals surface area contributed by atoms with Gasteiger partial charge in [0.05, 0.1) is 6.20 Å². The first-order valence-electron chi connectivity index (χ1n) is 6.04. The molecule has 0 unspecified atom stereocenters. The molecular formula is C11H16N4O4. The van der Waals surface area contributed by atoms with E-state index in [2.05, 4.69) is 10.3 Å². The smallest absolute Gasteiger partial charge is 0.358 e. The van der Waals surface area contributed by atoms with E-state index < -0.39 is 5.97 Å². The van der Waals surface area contributed by atoms with Crippen molar-refractivity contribution in [3.8, 4) is 0 Å². The summed E-state index contributed by atoms with van der Waals surface area (Å²) in [6, 6.07) is 0.170. The molecule has 0 aliphatic carbocycles. The van der Waals surface area contributed by atoms with E-state index in [0.29, 0.717) is 13.2 Å². The summed E-state index contributed by atoms with van der Waals surface area (Å²) >= 11 is 0. The van der Waals surface area contributed by atoms with E-state index in [1.807, 2.05) is 0 Å². The topological polar surface area (TPSA) is 97.6 Å². The minimum Gasteiger partial charge on any atom is -0.476 e. The third kappa shape index (κ3) is 3.28. The highest BCUT2D eigenvalue weighted by Crippen LogP contribution is 2.13. The molecule has 1 aromatic heterocycles. The Balaban J connectivity index is 1.93. The molecule has 0 aromatic carbocycles. The number of rotatable bonds is 4. The Bertz CT molecular complexity index is 467. The molecule has 0 radical (unpaired) electrons. The number of carbonyl (C=O) groups excluding carboxylic acids is 1. The van der Waals surface area contributed by atoms with Gasteiger partial charge in [0.25, 0.3) is 0 Å². The van der Waals surface area contributed by atoms with Gasteiger partial charge in [0.15, 0.2) is 5.69 Å². The molecule has 0 spiro atoms. The Kier molecular flexibility index (Phi) is 4.10. The van der Waals surface area contributed by atoms with Gasteiger partial charge in [0.2, 0.25) is 5.91 Å². The molecule has 19 heavy (non-hydrogen) atoms. The Hall–Kier alpha value is -1.96. The second-order valence-electron chi connectivity index (χ2n) is 4.45. The van der Waals surface area contributed by atoms with Crippen molar-refractivity contribution in [1.29, 1.82) is 0 Å². The number of hydrogen-bond donors (Lipinski definition) is 1. The molecule has 1 aliphatic heterocycles. The quantitative estimate of drug-likeness (QED) is 0.799. The van der Waals surface area contributed by atoms with Gasteiger partial charge in [-0.05, 0) is 12.8 Å². The predicted molar refractivity (Wildman–Crippen MR) is 63.6 cm³/mol. The molecule has 0 bridgehead atoms. The Morgan fingerprint density at radius 3 is 2.79 bits per heavy atom. The van der Waals surface area contributed by atoms with Crippen LogP contribution in [0, 0.1) is 0 Å². The minimum absolute atomic E-state index is 0.00582. The van der Waals surface area contributed by atoms with Gasteiger partial charge in [-0.15, -0.1) is 5.10 Å². The molecule has 2 heterocycles. The average molecular weight is 268 g/mol. The Labute approximate surface area is 109 Å². The largest absolute Gasteiger partial charge is 0.476 e. The van der Waals surface area contributed by atoms with Crippen molar-refractivity contribution in [3.05, 3.63) is 11.9 Å². The highest BCUT2D eigenvalue weighted by Gasteiger charge is 2.23. The van der Waals surface area contributed by atoms with E-state index in [1.165, 1.54) is 10.9 Å². The number of amides is 1. The molecule has 1 saturated heterocycles. The van der Waals surface area contributed by atoms with Crippen LogP contribution in [0.25, 0.3) is 0 Å². The van der Waals surface area contributed by atoms with Gasteiger partial charge in [-0.1, -0.05) is 5.21 Å². The lowest BCUT2D eigenvalue weighted by molar-refractivity contribution is -0.134. The molecule has 1 N–H and O–H groups in total. The summed E-state index contributed by atoms with van der Waals surface area (Å²) in [6.45, 7) is 1.32. The van der Waals surface area contributed by atoms with Crippen LogP contribution in [-0.4, -0.2) is 63.2 Å². The fourth-order valence-corrected chi connectivity index (χ4v) is 2.00. The van der Waals surface area contributed by atoms with E-state index in [9.17, 15) is 9.59 Å². The Morgan fingerprint density at radius 1 is 1.53 bits per heavy atom. The highest BCUT2D eigenvalue weighted by atomic mass is 16.5. The first-order chi connectivity index (χ1) is 9.08. The van der Waals surface area contributed by atoms with Crippen molar-refractivity contribution >= 4 is 11.9 Å². The number of aromatic carboxylic acids is 1. The van der Waals surface area contributed by atoms with Gasteiger partial charge < -0.3 is 14.7 Å². The first-order valence-corrected chi connectivity index (χ1v) is 6.04. The molecule has 0 saturated carbocycles. The zero-order valence-corrected chi connectivity index (χ0v) is 10.7. The third-order valence-electron chi connectivity index (χ3n) is 3.19. The maximum atomic E-state index is 12.0. The fraction of sp³-hybridized carbons (Fsp3) is 0.636. The maximum absolute atomic E-state index is 12.0. The van der Waals surface area contributed by atoms with E-state index in [1.54, 1.807) is 11.9 Å². The van der Waals surface area contributed by atoms with Crippen molar-refractivity contribution in [2.45, 2.75) is 25.4 Å². The fourth-order valence-electron chi connectivity index (χ4n) is 2.00. The van der Waals surface area contributed by atoms with E-state index in [-0.39, 0.29) is 24.2 Å². The molecular weight excluding hydrogens is 252 g/mol. The number of hydrogen-bond acceptors (Lipinski definition) is 5. The van der Waals surface area contributed by atoms with Crippen LogP contribution in [-0.2, 0) is 16.1 Å². The number of carboxylic acids is 1. The normalized spacial score (nSPS) is 16.3. The second-order valence-corrected chi connectivity index (χ2v) is 4.45. The molecule has 1 fully saturated rings. The van der Waals surface area contributed by atoms with Crippen LogP contribution in [0.4, 0.5) is 0 Å². The van der Waals surface area contributed by atoms with Crippen LogP contribution >= 0.6 is 0 Å². The summed E-state index contributed by atoms with van der Waals surface area (Å²) in [7, 11) is 1.74. The molecule has 1 amide bonds. The lowest BCUT2D eigenvalue weighted by Gasteiger charge is -2.31. The van der Waals surface area contributed by atoms with Crippen molar-refractivity contribution in [1.82, 2.24) is 19.9 Å². The summed E-state index contributed by atoms with van der Waals surface area (Å²) < 4.78 is 6.48. The zero-order valence-electron chi connectivity index (χ0n) is 10.7. The van der Waals surface area contributed by atoms with Crippen LogP contribution in [0.15, 0.2) is 6.20 Å². The summed E-state index contributed by atoms with van der Waals surface area (Å²) in [5.41, 5.74) is -0.165. The van der Waals surface area contributed by atoms with Crippen molar-refractivity contribution in [3.63, 3.8) is 0 Å². The van der Waals surface area contributed by atoms with E-state index >= 15 is 0 Å². The number of carboxylic acid groups (broad SMARTS) is 1. The Morgan fingerprint density at radius 2 is 2.21 bits per heavy atom. The van der Waals surface area contributed by atoms with Crippen molar-refractivity contribution in [2.24, 2.45) is 0 Å². The standard InChI is InChI=1S/C11H16N4O4/c1-14(8-2-4-19-5-3-8)10(16)7-15-6-9(11(17)18)12-13-15/h6,8H,2-5,7H2,1H3,(H,17,18). The zero-order chi connectivity index (χ0) is 13.8. The lowest BCUT2D eigenvalue weighted by atomic mass is 10.1. The molecule has 0 atom stereocenters. The summed E-state index contributed by atoms with van der Waals surface area (Å²) in [4.78, 5) is 24.4. The summed E-state index contributed by atoms with van der Waals surface area (Å²) in [5, 5.41) is 15.8. The minimum atomic E-state index is -1.16. The maximum Gasteiger partial charge on any atom is 0.358 e. The van der Waals surface area contributed by atoms with Gasteiger partial charge in [0, 0.05) is 26.3 Å². The van der Waals surface area contributed by atoms with Gasteiger partial charge in [0.1, 0.15) is 6.54 Å². The third-order valence-corrected chi connectivity index (χ3v) is 3.19. The number of nitrogens with zero attached hydrogens (tertiary/aromatic N) is 4. The molecule has 8 heteroatoms. The van der Waals surface area contributed by atoms with E-state index in [0.717, 1.165) is 12.8 Å². The molecule has 1 aliphatic rings. The molecule has 104 valence electrons. The van der Waals surface area contributed by atoms with Gasteiger partial charge in [-0.2, -0.15) is 0 Å². The van der Waals surface area contributed by atoms with Crippen molar-refractivity contribution < 1.29 is 19.4 Å². The van der Waals surface area contributed by atoms with E-state index in [4.69, 9.17) is 9.84 Å². The summed E-state index contributed by atoms with van der Waals surface area (Å²) in [6.07, 6.45) is 2.89. The highest BCUT2D eigenvalue weighted by molar-refractivity contribution is 5.84. The van der Waals surface area contributed by atoms with Crippen LogP contribution in [0.1, 0.15) is 23.3 Å². The monoisotopic (exact) mass is 268 g/mol. The summed E-state index contributed by atoms with van der Waals surface area (Å²) in [5.74, 6) is -1.27. The van der Waals surface area contributed by atoms with Crippen LogP contribution < -0.4 is 0 Å². The predicted octanol–water partition coefficient (Wildman–Crippen LogP) is -0.386. The van der Waals surface area contributed by atoms with Gasteiger partial charge in [-0.3, -0.25) is 4.79 Å². The SMILES string of the molecule is CN(C(=O)Cn1cc(C(=O)O)nn1)C1CCOCC1. The average Bonchev–Trinajstić information content (AvgIpc) is 2.87. The number of ether oxygens (including phenoxy) is 1. The molecule has 2 rings (SSSR count). The number of aromatic nitrogens is 3. The molecule has 8 nitrogen and oxygen atoms in total. The first kappa shape index (κ1) is 13.5. The molecule has 1 aromatic rings. The second kappa shape index (κ2) is 5.79. The van der Waals surface area contributed by atoms with Crippen LogP contribution in [0.5, 0.6) is 0 Å². The van der Waals surface area contributed by atoms with Crippen LogP contribution in [0.3, 0.4) is 0 Å². The number of carbonyl (C=O) groups is 2. The lowest BCUT2D eigenvalue weighted by Crippen LogP contribution is -2.42. The van der Waals surface area contributed by atoms with Gasteiger partial charge >= 0.3 is 5.97 Å².